The van der Waals surface area contributed by atoms with E-state index in [9.17, 15) is 9.59 Å². The van der Waals surface area contributed by atoms with Gasteiger partial charge in [-0.3, -0.25) is 15.1 Å². The molecule has 4 aromatic rings. The van der Waals surface area contributed by atoms with Gasteiger partial charge < -0.3 is 24.3 Å². The van der Waals surface area contributed by atoms with Crippen molar-refractivity contribution in [3.05, 3.63) is 77.4 Å². The molecule has 0 aliphatic carbocycles. The van der Waals surface area contributed by atoms with Crippen LogP contribution in [0.25, 0.3) is 10.9 Å². The van der Waals surface area contributed by atoms with Gasteiger partial charge in [0.05, 0.1) is 38.3 Å². The van der Waals surface area contributed by atoms with Crippen molar-refractivity contribution >= 4 is 40.1 Å². The number of anilines is 1. The first-order valence-corrected chi connectivity index (χ1v) is 11.5. The largest absolute Gasteiger partial charge is 0.496 e. The molecule has 0 saturated carbocycles. The van der Waals surface area contributed by atoms with Crippen molar-refractivity contribution in [3.63, 3.8) is 0 Å². The summed E-state index contributed by atoms with van der Waals surface area (Å²) in [5, 5.41) is 5.84. The summed E-state index contributed by atoms with van der Waals surface area (Å²) in [7, 11) is 4.62. The quantitative estimate of drug-likeness (QED) is 0.311. The number of amides is 3. The third-order valence-electron chi connectivity index (χ3n) is 5.41. The van der Waals surface area contributed by atoms with E-state index in [1.165, 1.54) is 13.2 Å². The molecule has 0 atom stereocenters. The fourth-order valence-electron chi connectivity index (χ4n) is 3.67. The summed E-state index contributed by atoms with van der Waals surface area (Å²) in [5.41, 5.74) is 1.70. The molecule has 0 saturated heterocycles. The van der Waals surface area contributed by atoms with Crippen LogP contribution in [-0.4, -0.2) is 38.3 Å². The average molecular weight is 522 g/mol. The number of aromatic nitrogens is 1. The lowest BCUT2D eigenvalue weighted by Gasteiger charge is -2.14. The molecule has 10 heteroatoms. The van der Waals surface area contributed by atoms with Crippen LogP contribution >= 0.6 is 11.6 Å². The van der Waals surface area contributed by atoms with Gasteiger partial charge in [0.1, 0.15) is 17.2 Å². The van der Waals surface area contributed by atoms with Gasteiger partial charge >= 0.3 is 6.03 Å². The Morgan fingerprint density at radius 2 is 1.57 bits per heavy atom. The Kier molecular flexibility index (Phi) is 7.95. The first-order valence-electron chi connectivity index (χ1n) is 11.1. The van der Waals surface area contributed by atoms with Crippen LogP contribution in [-0.2, 0) is 11.2 Å². The van der Waals surface area contributed by atoms with E-state index in [-0.39, 0.29) is 11.4 Å². The van der Waals surface area contributed by atoms with Crippen LogP contribution in [0, 0.1) is 0 Å². The second kappa shape index (κ2) is 11.5. The van der Waals surface area contributed by atoms with E-state index in [0.29, 0.717) is 50.9 Å². The van der Waals surface area contributed by atoms with Gasteiger partial charge in [0.2, 0.25) is 5.91 Å². The molecule has 1 heterocycles. The van der Waals surface area contributed by atoms with Gasteiger partial charge in [-0.1, -0.05) is 29.8 Å². The Balaban J connectivity index is 1.44. The van der Waals surface area contributed by atoms with Crippen LogP contribution < -0.4 is 29.6 Å². The third kappa shape index (κ3) is 6.02. The predicted octanol–water partition coefficient (Wildman–Crippen LogP) is 5.60. The number of carbonyl (C=O) groups is 2. The number of nitrogens with one attached hydrogen (secondary N) is 2. The summed E-state index contributed by atoms with van der Waals surface area (Å²) in [5.74, 6) is 2.04. The van der Waals surface area contributed by atoms with Crippen molar-refractivity contribution in [3.8, 4) is 28.7 Å². The van der Waals surface area contributed by atoms with Crippen molar-refractivity contribution in [2.45, 2.75) is 6.42 Å². The van der Waals surface area contributed by atoms with E-state index in [2.05, 4.69) is 15.6 Å². The zero-order valence-electron chi connectivity index (χ0n) is 20.3. The van der Waals surface area contributed by atoms with Gasteiger partial charge in [-0.2, -0.15) is 0 Å². The molecule has 0 radical (unpaired) electrons. The minimum absolute atomic E-state index is 0.0124. The number of para-hydroxylation sites is 1. The Morgan fingerprint density at radius 3 is 2.30 bits per heavy atom. The zero-order valence-corrected chi connectivity index (χ0v) is 21.1. The number of carbonyl (C=O) groups excluding carboxylic acids is 2. The Bertz CT molecular complexity index is 1460. The Labute approximate surface area is 218 Å². The molecule has 190 valence electrons. The van der Waals surface area contributed by atoms with Crippen LogP contribution in [0.5, 0.6) is 28.7 Å². The molecule has 0 fully saturated rings. The maximum absolute atomic E-state index is 12.3. The lowest BCUT2D eigenvalue weighted by Crippen LogP contribution is -2.35. The van der Waals surface area contributed by atoms with Crippen molar-refractivity contribution in [2.24, 2.45) is 0 Å². The summed E-state index contributed by atoms with van der Waals surface area (Å²) in [4.78, 5) is 29.0. The monoisotopic (exact) mass is 521 g/mol. The van der Waals surface area contributed by atoms with E-state index >= 15 is 0 Å². The van der Waals surface area contributed by atoms with Crippen LogP contribution in [0.4, 0.5) is 10.5 Å². The molecule has 2 N–H and O–H groups in total. The number of halogens is 1. The van der Waals surface area contributed by atoms with E-state index < -0.39 is 11.9 Å². The SMILES string of the molecule is COc1ccccc1CC(=O)NC(=O)Nc1ccc(Oc2ccnc3cc(OC)c(OC)cc23)c(Cl)c1. The second-order valence-corrected chi connectivity index (χ2v) is 8.18. The van der Waals surface area contributed by atoms with Crippen molar-refractivity contribution < 1.29 is 28.5 Å². The molecule has 0 spiro atoms. The summed E-state index contributed by atoms with van der Waals surface area (Å²) >= 11 is 6.43. The number of imide groups is 1. The zero-order chi connectivity index (χ0) is 26.4. The fraction of sp³-hybridized carbons (Fsp3) is 0.148. The number of hydrogen-bond donors (Lipinski definition) is 2. The summed E-state index contributed by atoms with van der Waals surface area (Å²) in [6.45, 7) is 0. The fourth-order valence-corrected chi connectivity index (χ4v) is 3.89. The maximum Gasteiger partial charge on any atom is 0.325 e. The molecule has 3 amide bonds. The van der Waals surface area contributed by atoms with Gasteiger partial charge in [-0.25, -0.2) is 4.79 Å². The van der Waals surface area contributed by atoms with Gasteiger partial charge in [0, 0.05) is 28.9 Å². The van der Waals surface area contributed by atoms with Gasteiger partial charge in [0.25, 0.3) is 0 Å². The molecule has 0 unspecified atom stereocenters. The van der Waals surface area contributed by atoms with E-state index in [4.69, 9.17) is 30.5 Å². The molecule has 37 heavy (non-hydrogen) atoms. The number of hydrogen-bond acceptors (Lipinski definition) is 7. The molecule has 4 rings (SSSR count). The molecule has 3 aromatic carbocycles. The number of urea groups is 1. The van der Waals surface area contributed by atoms with Gasteiger partial charge in [-0.15, -0.1) is 0 Å². The lowest BCUT2D eigenvalue weighted by molar-refractivity contribution is -0.119. The topological polar surface area (TPSA) is 108 Å². The second-order valence-electron chi connectivity index (χ2n) is 7.77. The van der Waals surface area contributed by atoms with E-state index in [0.717, 1.165) is 0 Å². The predicted molar refractivity (Wildman–Crippen MR) is 140 cm³/mol. The first kappa shape index (κ1) is 25.6. The van der Waals surface area contributed by atoms with Crippen molar-refractivity contribution in [2.75, 3.05) is 26.6 Å². The van der Waals surface area contributed by atoms with Gasteiger partial charge in [-0.05, 0) is 36.4 Å². The maximum atomic E-state index is 12.3. The number of pyridine rings is 1. The number of rotatable bonds is 8. The highest BCUT2D eigenvalue weighted by atomic mass is 35.5. The van der Waals surface area contributed by atoms with Crippen molar-refractivity contribution in [1.29, 1.82) is 0 Å². The Morgan fingerprint density at radius 1 is 0.838 bits per heavy atom. The summed E-state index contributed by atoms with van der Waals surface area (Å²) < 4.78 is 22.0. The van der Waals surface area contributed by atoms with Crippen LogP contribution in [0.1, 0.15) is 5.56 Å². The van der Waals surface area contributed by atoms with Crippen LogP contribution in [0.3, 0.4) is 0 Å². The number of nitrogens with zero attached hydrogens (tertiary/aromatic N) is 1. The van der Waals surface area contributed by atoms with Gasteiger partial charge in [0.15, 0.2) is 11.5 Å². The molecule has 0 aliphatic rings. The van der Waals surface area contributed by atoms with E-state index in [1.807, 2.05) is 0 Å². The number of benzene rings is 3. The summed E-state index contributed by atoms with van der Waals surface area (Å²) in [6.07, 6.45) is 1.60. The van der Waals surface area contributed by atoms with Crippen molar-refractivity contribution in [1.82, 2.24) is 10.3 Å². The number of fused-ring (bicyclic) bond motifs is 1. The number of methoxy groups -OCH3 is 3. The van der Waals surface area contributed by atoms with Crippen LogP contribution in [0.15, 0.2) is 66.9 Å². The normalized spacial score (nSPS) is 10.5. The highest BCUT2D eigenvalue weighted by Crippen LogP contribution is 2.38. The Hall–Kier alpha value is -4.50. The highest BCUT2D eigenvalue weighted by molar-refractivity contribution is 6.32. The molecule has 0 bridgehead atoms. The molecular formula is C27H24ClN3O6. The highest BCUT2D eigenvalue weighted by Gasteiger charge is 2.15. The summed E-state index contributed by atoms with van der Waals surface area (Å²) in [6, 6.07) is 16.4. The van der Waals surface area contributed by atoms with Crippen LogP contribution in [0.2, 0.25) is 5.02 Å². The average Bonchev–Trinajstić information content (AvgIpc) is 2.89. The molecule has 1 aromatic heterocycles. The smallest absolute Gasteiger partial charge is 0.325 e. The van der Waals surface area contributed by atoms with E-state index in [1.54, 1.807) is 75.0 Å². The molecule has 9 nitrogen and oxygen atoms in total. The third-order valence-corrected chi connectivity index (χ3v) is 5.71. The molecular weight excluding hydrogens is 498 g/mol. The molecule has 0 aliphatic heterocycles. The lowest BCUT2D eigenvalue weighted by atomic mass is 10.1. The number of ether oxygens (including phenoxy) is 4. The minimum Gasteiger partial charge on any atom is -0.496 e. The standard InChI is InChI=1S/C27H24ClN3O6/c1-34-21-7-5-4-6-16(21)12-26(32)31-27(33)30-17-8-9-23(19(28)13-17)37-22-10-11-29-20-15-25(36-3)24(35-2)14-18(20)22/h4-11,13-15H,12H2,1-3H3,(H2,30,31,32,33). The minimum atomic E-state index is -0.689. The first-order chi connectivity index (χ1) is 17.9.